The summed E-state index contributed by atoms with van der Waals surface area (Å²) in [7, 11) is 1.59. The first-order chi connectivity index (χ1) is 8.58. The molecule has 0 aromatic heterocycles. The van der Waals surface area contributed by atoms with E-state index in [0.717, 1.165) is 12.5 Å². The molecule has 0 saturated carbocycles. The number of methoxy groups -OCH3 is 1. The smallest absolute Gasteiger partial charge is 0.274 e. The second-order valence-corrected chi connectivity index (χ2v) is 3.97. The van der Waals surface area contributed by atoms with E-state index in [2.05, 4.69) is 5.32 Å². The Bertz CT molecular complexity index is 412. The highest BCUT2D eigenvalue weighted by molar-refractivity contribution is 5.40. The lowest BCUT2D eigenvalue weighted by Gasteiger charge is -2.15. The van der Waals surface area contributed by atoms with Gasteiger partial charge < -0.3 is 10.1 Å². The molecule has 0 radical (unpaired) electrons. The maximum absolute atomic E-state index is 13.1. The van der Waals surface area contributed by atoms with Gasteiger partial charge in [0.2, 0.25) is 0 Å². The van der Waals surface area contributed by atoms with Crippen molar-refractivity contribution in [1.29, 1.82) is 0 Å². The molecule has 6 heteroatoms. The second kappa shape index (κ2) is 7.03. The number of ether oxygens (including phenoxy) is 1. The Morgan fingerprint density at radius 2 is 2.28 bits per heavy atom. The highest BCUT2D eigenvalue weighted by Gasteiger charge is 2.15. The van der Waals surface area contributed by atoms with Gasteiger partial charge in [0.25, 0.3) is 5.69 Å². The molecule has 5 nitrogen and oxygen atoms in total. The molecule has 0 heterocycles. The minimum Gasteiger partial charge on any atom is -0.383 e. The minimum absolute atomic E-state index is 0.0730. The molecule has 0 spiro atoms. The zero-order valence-electron chi connectivity index (χ0n) is 10.5. The summed E-state index contributed by atoms with van der Waals surface area (Å²) in [6, 6.07) is 3.56. The predicted molar refractivity (Wildman–Crippen MR) is 65.8 cm³/mol. The Hall–Kier alpha value is -1.53. The zero-order valence-corrected chi connectivity index (χ0v) is 10.5. The van der Waals surface area contributed by atoms with Crippen molar-refractivity contribution < 1.29 is 14.1 Å². The molecule has 1 atom stereocenters. The molecule has 0 aliphatic heterocycles. The highest BCUT2D eigenvalue weighted by Crippen LogP contribution is 2.19. The monoisotopic (exact) mass is 256 g/mol. The standard InChI is InChI=1S/C12H17FN2O3/c1-3-11(8-18-2)14-7-9-6-10(13)4-5-12(9)15(16)17/h4-6,11,14H,3,7-8H2,1-2H3. The molecule has 0 aliphatic carbocycles. The summed E-state index contributed by atoms with van der Waals surface area (Å²) in [5.74, 6) is -0.475. The van der Waals surface area contributed by atoms with Crippen LogP contribution in [0, 0.1) is 15.9 Å². The van der Waals surface area contributed by atoms with Gasteiger partial charge >= 0.3 is 0 Å². The van der Waals surface area contributed by atoms with Crippen molar-refractivity contribution in [2.24, 2.45) is 0 Å². The van der Waals surface area contributed by atoms with Crippen LogP contribution in [0.25, 0.3) is 0 Å². The number of nitrogens with zero attached hydrogens (tertiary/aromatic N) is 1. The van der Waals surface area contributed by atoms with Gasteiger partial charge in [0, 0.05) is 31.3 Å². The summed E-state index contributed by atoms with van der Waals surface area (Å²) in [6.45, 7) is 2.74. The van der Waals surface area contributed by atoms with Gasteiger partial charge in [-0.25, -0.2) is 4.39 Å². The fourth-order valence-corrected chi connectivity index (χ4v) is 1.65. The van der Waals surface area contributed by atoms with Crippen molar-refractivity contribution in [2.75, 3.05) is 13.7 Å². The molecule has 0 saturated heterocycles. The van der Waals surface area contributed by atoms with E-state index in [-0.39, 0.29) is 18.3 Å². The number of rotatable bonds is 7. The van der Waals surface area contributed by atoms with Gasteiger partial charge in [-0.3, -0.25) is 10.1 Å². The van der Waals surface area contributed by atoms with Crippen LogP contribution in [0.3, 0.4) is 0 Å². The average Bonchev–Trinajstić information content (AvgIpc) is 2.34. The van der Waals surface area contributed by atoms with Crippen LogP contribution in [-0.4, -0.2) is 24.7 Å². The third-order valence-corrected chi connectivity index (χ3v) is 2.68. The normalized spacial score (nSPS) is 12.4. The Morgan fingerprint density at radius 3 is 2.83 bits per heavy atom. The molecule has 1 aromatic carbocycles. The molecule has 18 heavy (non-hydrogen) atoms. The first kappa shape index (κ1) is 14.5. The van der Waals surface area contributed by atoms with E-state index in [1.54, 1.807) is 7.11 Å². The zero-order chi connectivity index (χ0) is 13.5. The summed E-state index contributed by atoms with van der Waals surface area (Å²) in [4.78, 5) is 10.3. The molecule has 0 fully saturated rings. The molecule has 1 rings (SSSR count). The number of nitro groups is 1. The summed E-state index contributed by atoms with van der Waals surface area (Å²) in [5, 5.41) is 13.9. The minimum atomic E-state index is -0.506. The van der Waals surface area contributed by atoms with E-state index in [0.29, 0.717) is 12.2 Å². The Morgan fingerprint density at radius 1 is 1.56 bits per heavy atom. The third-order valence-electron chi connectivity index (χ3n) is 2.68. The van der Waals surface area contributed by atoms with Crippen molar-refractivity contribution in [3.8, 4) is 0 Å². The lowest BCUT2D eigenvalue weighted by molar-refractivity contribution is -0.385. The third kappa shape index (κ3) is 4.05. The van der Waals surface area contributed by atoms with Crippen molar-refractivity contribution in [2.45, 2.75) is 25.9 Å². The highest BCUT2D eigenvalue weighted by atomic mass is 19.1. The van der Waals surface area contributed by atoms with Crippen LogP contribution in [0.2, 0.25) is 0 Å². The molecule has 0 aliphatic rings. The maximum atomic E-state index is 13.1. The average molecular weight is 256 g/mol. The SMILES string of the molecule is CCC(COC)NCc1cc(F)ccc1[N+](=O)[O-]. The van der Waals surface area contributed by atoms with Crippen LogP contribution in [0.4, 0.5) is 10.1 Å². The molecule has 0 amide bonds. The van der Waals surface area contributed by atoms with Crippen molar-refractivity contribution in [3.05, 3.63) is 39.7 Å². The van der Waals surface area contributed by atoms with Crippen molar-refractivity contribution in [1.82, 2.24) is 5.32 Å². The number of nitrogens with one attached hydrogen (secondary N) is 1. The van der Waals surface area contributed by atoms with E-state index < -0.39 is 10.7 Å². The summed E-state index contributed by atoms with van der Waals surface area (Å²) >= 11 is 0. The van der Waals surface area contributed by atoms with Gasteiger partial charge in [-0.15, -0.1) is 0 Å². The van der Waals surface area contributed by atoms with Crippen LogP contribution in [-0.2, 0) is 11.3 Å². The number of nitro benzene ring substituents is 1. The fourth-order valence-electron chi connectivity index (χ4n) is 1.65. The molecular weight excluding hydrogens is 239 g/mol. The predicted octanol–water partition coefficient (Wildman–Crippen LogP) is 2.25. The van der Waals surface area contributed by atoms with Gasteiger partial charge in [0.1, 0.15) is 5.82 Å². The fraction of sp³-hybridized carbons (Fsp3) is 0.500. The van der Waals surface area contributed by atoms with E-state index in [9.17, 15) is 14.5 Å². The summed E-state index contributed by atoms with van der Waals surface area (Å²) in [5.41, 5.74) is 0.269. The van der Waals surface area contributed by atoms with Gasteiger partial charge in [0.05, 0.1) is 11.5 Å². The van der Waals surface area contributed by atoms with Gasteiger partial charge in [-0.05, 0) is 18.6 Å². The van der Waals surface area contributed by atoms with Crippen LogP contribution in [0.1, 0.15) is 18.9 Å². The number of halogens is 1. The van der Waals surface area contributed by atoms with Crippen LogP contribution in [0.5, 0.6) is 0 Å². The molecule has 0 bridgehead atoms. The second-order valence-electron chi connectivity index (χ2n) is 3.97. The van der Waals surface area contributed by atoms with Gasteiger partial charge in [-0.2, -0.15) is 0 Å². The van der Waals surface area contributed by atoms with E-state index in [4.69, 9.17) is 4.74 Å². The van der Waals surface area contributed by atoms with Gasteiger partial charge in [0.15, 0.2) is 0 Å². The lowest BCUT2D eigenvalue weighted by atomic mass is 10.1. The molecular formula is C12H17FN2O3. The van der Waals surface area contributed by atoms with Gasteiger partial charge in [-0.1, -0.05) is 6.92 Å². The quantitative estimate of drug-likeness (QED) is 0.600. The van der Waals surface area contributed by atoms with Crippen molar-refractivity contribution >= 4 is 5.69 Å². The summed E-state index contributed by atoms with van der Waals surface area (Å²) in [6.07, 6.45) is 0.830. The van der Waals surface area contributed by atoms with Crippen molar-refractivity contribution in [3.63, 3.8) is 0 Å². The molecule has 100 valence electrons. The van der Waals surface area contributed by atoms with E-state index in [1.165, 1.54) is 12.1 Å². The number of hydrogen-bond acceptors (Lipinski definition) is 4. The van der Waals surface area contributed by atoms with Crippen LogP contribution in [0.15, 0.2) is 18.2 Å². The largest absolute Gasteiger partial charge is 0.383 e. The first-order valence-electron chi connectivity index (χ1n) is 5.73. The molecule has 1 aromatic rings. The molecule has 1 N–H and O–H groups in total. The number of hydrogen-bond donors (Lipinski definition) is 1. The molecule has 1 unspecified atom stereocenters. The summed E-state index contributed by atoms with van der Waals surface area (Å²) < 4.78 is 18.1. The Kier molecular flexibility index (Phi) is 5.67. The van der Waals surface area contributed by atoms with E-state index >= 15 is 0 Å². The topological polar surface area (TPSA) is 64.4 Å². The van der Waals surface area contributed by atoms with Crippen LogP contribution < -0.4 is 5.32 Å². The Balaban J connectivity index is 2.76. The van der Waals surface area contributed by atoms with E-state index in [1.807, 2.05) is 6.92 Å². The van der Waals surface area contributed by atoms with Crippen LogP contribution >= 0.6 is 0 Å². The number of benzene rings is 1. The Labute approximate surface area is 105 Å². The lowest BCUT2D eigenvalue weighted by Crippen LogP contribution is -2.32. The maximum Gasteiger partial charge on any atom is 0.274 e. The first-order valence-corrected chi connectivity index (χ1v) is 5.73.